The number of carbonyl (C=O) groups excluding carboxylic acids is 2. The second kappa shape index (κ2) is 33.8. The van der Waals surface area contributed by atoms with Crippen molar-refractivity contribution in [3.05, 3.63) is 65.7 Å². The van der Waals surface area contributed by atoms with Gasteiger partial charge in [0.15, 0.2) is 11.5 Å². The Morgan fingerprint density at radius 1 is 0.263 bits per heavy atom. The summed E-state index contributed by atoms with van der Waals surface area (Å²) in [4.78, 5) is 25.9. The predicted molar refractivity (Wildman–Crippen MR) is 286 cm³/mol. The minimum atomic E-state index is -9.16. The number of halogens is 51. The number of hydrogen-bond acceptors (Lipinski definition) is 8. The van der Waals surface area contributed by atoms with Crippen LogP contribution in [0.25, 0.3) is 10.8 Å². The molecular formula is C59H43F51O8. The first-order valence-corrected chi connectivity index (χ1v) is 30.8. The summed E-state index contributed by atoms with van der Waals surface area (Å²) in [6.45, 7) is -8.91. The molecule has 0 amide bonds. The number of unbranched alkanes of at least 4 members (excludes halogenated alkanes) is 3. The Kier molecular flexibility index (Phi) is 30.0. The number of fused-ring (bicyclic) bond motifs is 1. The van der Waals surface area contributed by atoms with Crippen LogP contribution < -0.4 is 14.2 Å². The summed E-state index contributed by atoms with van der Waals surface area (Å²) < 4.78 is 739. The maximum Gasteiger partial charge on any atom is 0.460 e. The fourth-order valence-electron chi connectivity index (χ4n) is 9.24. The molecular weight excluding hydrogens is 1810 g/mol. The van der Waals surface area contributed by atoms with E-state index in [1.165, 1.54) is 12.1 Å². The highest BCUT2D eigenvalue weighted by Crippen LogP contribution is 2.69. The maximum atomic E-state index is 14.8. The molecule has 0 radical (unpaired) electrons. The maximum absolute atomic E-state index is 14.8. The third-order valence-electron chi connectivity index (χ3n) is 16.2. The van der Waals surface area contributed by atoms with Crippen LogP contribution in [0, 0.1) is 0 Å². The van der Waals surface area contributed by atoms with E-state index in [0.717, 1.165) is 0 Å². The van der Waals surface area contributed by atoms with Crippen LogP contribution in [-0.2, 0) is 25.4 Å². The lowest BCUT2D eigenvalue weighted by atomic mass is 9.88. The van der Waals surface area contributed by atoms with Gasteiger partial charge in [-0.25, -0.2) is 4.79 Å². The molecule has 59 heteroatoms. The van der Waals surface area contributed by atoms with E-state index >= 15 is 0 Å². The van der Waals surface area contributed by atoms with Crippen LogP contribution in [0.5, 0.6) is 17.2 Å². The fraction of sp³-hybridized carbons (Fsp3) is 0.695. The van der Waals surface area contributed by atoms with Crippen molar-refractivity contribution in [2.24, 2.45) is 0 Å². The van der Waals surface area contributed by atoms with Gasteiger partial charge >= 0.3 is 155 Å². The summed E-state index contributed by atoms with van der Waals surface area (Å²) in [6, 6.07) is 11.1. The Bertz CT molecular complexity index is 3740. The van der Waals surface area contributed by atoms with Crippen molar-refractivity contribution >= 4 is 22.7 Å². The molecule has 0 saturated carbocycles. The van der Waals surface area contributed by atoms with Crippen molar-refractivity contribution in [3.8, 4) is 17.2 Å². The number of benzene rings is 3. The molecule has 0 saturated heterocycles. The van der Waals surface area contributed by atoms with Gasteiger partial charge in [0.1, 0.15) is 13.2 Å². The molecule has 0 aromatic heterocycles. The Hall–Kier alpha value is -7.35. The predicted octanol–water partition coefficient (Wildman–Crippen LogP) is 23.5. The van der Waals surface area contributed by atoms with Gasteiger partial charge in [-0.05, 0) is 67.0 Å². The van der Waals surface area contributed by atoms with Crippen molar-refractivity contribution in [1.29, 1.82) is 0 Å². The van der Waals surface area contributed by atoms with E-state index in [-0.39, 0.29) is 18.6 Å². The van der Waals surface area contributed by atoms with Crippen LogP contribution in [0.15, 0.2) is 54.6 Å². The Morgan fingerprint density at radius 2 is 0.525 bits per heavy atom. The number of carbonyl (C=O) groups is 2. The van der Waals surface area contributed by atoms with Crippen molar-refractivity contribution in [2.45, 2.75) is 207 Å². The molecule has 0 spiro atoms. The van der Waals surface area contributed by atoms with Gasteiger partial charge in [0.25, 0.3) is 0 Å². The standard InChI is InChI=1S/C59H43F51O8/c60-36(61,39(66,67)42(72,73)45(78,79)48(84,85)51(90,91)54(96,97)57(102,103)104)14-3-6-17-114-31-24-29(35(112)118-23-21-113-20-22-116-33(111)26-28-12-9-11-27-10-1-2-13-30(27)28)25-32(115-18-7-4-15-37(62,63)40(68,69)43(74,75)46(80,81)49(86,87)52(92,93)55(98,99)58(105,106)107)34(31)117-19-8-5-16-38(64,65)41(70,71)44(76,77)47(82,83)50(88,89)53(94,95)56(100,101)59(108,109)110/h1-2,9-13,24-25H,3-8,14-23,26H2. The van der Waals surface area contributed by atoms with Gasteiger partial charge in [0.2, 0.25) is 5.75 Å². The van der Waals surface area contributed by atoms with E-state index in [1.807, 2.05) is 0 Å². The molecule has 8 nitrogen and oxygen atoms in total. The first-order valence-electron chi connectivity index (χ1n) is 30.8. The van der Waals surface area contributed by atoms with Gasteiger partial charge in [-0.3, -0.25) is 4.79 Å². The highest BCUT2D eigenvalue weighted by atomic mass is 19.5. The van der Waals surface area contributed by atoms with Gasteiger partial charge in [-0.15, -0.1) is 0 Å². The summed E-state index contributed by atoms with van der Waals surface area (Å²) in [5.41, 5.74) is -0.972. The first kappa shape index (κ1) is 105. The van der Waals surface area contributed by atoms with Crippen LogP contribution in [-0.4, -0.2) is 201 Å². The average Bonchev–Trinajstić information content (AvgIpc) is 0.704. The third kappa shape index (κ3) is 18.1. The van der Waals surface area contributed by atoms with Gasteiger partial charge in [-0.1, -0.05) is 42.5 Å². The quantitative estimate of drug-likeness (QED) is 0.0314. The van der Waals surface area contributed by atoms with Gasteiger partial charge < -0.3 is 28.4 Å². The van der Waals surface area contributed by atoms with E-state index in [4.69, 9.17) is 28.4 Å². The largest absolute Gasteiger partial charge is 0.490 e. The number of ether oxygens (including phenoxy) is 6. The van der Waals surface area contributed by atoms with Crippen molar-refractivity contribution in [3.63, 3.8) is 0 Å². The fourth-order valence-corrected chi connectivity index (χ4v) is 9.24. The molecule has 0 aliphatic carbocycles. The smallest absolute Gasteiger partial charge is 0.460 e. The lowest BCUT2D eigenvalue weighted by molar-refractivity contribution is -0.461. The zero-order valence-corrected chi connectivity index (χ0v) is 56.3. The number of hydrogen-bond donors (Lipinski definition) is 0. The monoisotopic (exact) mass is 1850 g/mol. The molecule has 0 heterocycles. The second-order valence-electron chi connectivity index (χ2n) is 24.4. The van der Waals surface area contributed by atoms with E-state index < -0.39 is 282 Å². The molecule has 3 rings (SSSR count). The Labute approximate surface area is 620 Å². The molecule has 118 heavy (non-hydrogen) atoms. The SMILES string of the molecule is O=C(Cc1cccc2ccccc12)OCCOCCOC(=O)c1cc(OCCCCC(F)(F)C(F)(F)C(F)(F)C(F)(F)C(F)(F)C(F)(F)C(F)(F)C(F)(F)F)c(OCCCCC(F)(F)C(F)(F)C(F)(F)C(F)(F)C(F)(F)C(F)(F)C(F)(F)C(F)(F)F)c(OCCCCC(F)(F)C(F)(F)C(F)(F)C(F)(F)C(F)(F)C(F)(F)C(F)(F)C(F)(F)F)c1. The molecule has 0 atom stereocenters. The summed E-state index contributed by atoms with van der Waals surface area (Å²) in [5, 5.41) is 1.22. The Morgan fingerprint density at radius 3 is 0.831 bits per heavy atom. The van der Waals surface area contributed by atoms with Gasteiger partial charge in [-0.2, -0.15) is 224 Å². The van der Waals surface area contributed by atoms with Crippen LogP contribution in [0.2, 0.25) is 0 Å². The van der Waals surface area contributed by atoms with Gasteiger partial charge in [0, 0.05) is 19.3 Å². The number of alkyl halides is 51. The molecule has 3 aromatic carbocycles. The minimum absolute atomic E-state index is 0.00642. The van der Waals surface area contributed by atoms with Crippen molar-refractivity contribution in [2.75, 3.05) is 46.2 Å². The highest BCUT2D eigenvalue weighted by molar-refractivity contribution is 5.91. The zero-order valence-electron chi connectivity index (χ0n) is 56.3. The van der Waals surface area contributed by atoms with Crippen molar-refractivity contribution in [1.82, 2.24) is 0 Å². The van der Waals surface area contributed by atoms with Crippen LogP contribution in [0.4, 0.5) is 224 Å². The molecule has 0 unspecified atom stereocenters. The van der Waals surface area contributed by atoms with E-state index in [1.54, 1.807) is 30.3 Å². The normalized spacial score (nSPS) is 15.2. The van der Waals surface area contributed by atoms with E-state index in [2.05, 4.69) is 0 Å². The average molecular weight is 1850 g/mol. The molecule has 0 fully saturated rings. The summed E-state index contributed by atoms with van der Waals surface area (Å²) in [7, 11) is 0. The zero-order chi connectivity index (χ0) is 92.8. The van der Waals surface area contributed by atoms with Crippen molar-refractivity contribution < 1.29 is 262 Å². The lowest BCUT2D eigenvalue weighted by Crippen LogP contribution is -2.74. The van der Waals surface area contributed by atoms with Gasteiger partial charge in [0.05, 0.1) is 45.0 Å². The summed E-state index contributed by atoms with van der Waals surface area (Å²) in [5.74, 6) is -189. The van der Waals surface area contributed by atoms with Crippen LogP contribution >= 0.6 is 0 Å². The summed E-state index contributed by atoms with van der Waals surface area (Å²) in [6.07, 6.45) is -46.9. The van der Waals surface area contributed by atoms with E-state index in [0.29, 0.717) is 16.3 Å². The highest BCUT2D eigenvalue weighted by Gasteiger charge is 2.99. The second-order valence-corrected chi connectivity index (χ2v) is 24.4. The van der Waals surface area contributed by atoms with E-state index in [9.17, 15) is 234 Å². The third-order valence-corrected chi connectivity index (χ3v) is 16.2. The molecule has 3 aromatic rings. The number of rotatable bonds is 45. The van der Waals surface area contributed by atoms with Crippen LogP contribution in [0.1, 0.15) is 73.7 Å². The first-order chi connectivity index (χ1) is 52.3. The molecule has 684 valence electrons. The molecule has 0 aliphatic heterocycles. The molecule has 0 aliphatic rings. The van der Waals surface area contributed by atoms with Crippen LogP contribution in [0.3, 0.4) is 0 Å². The number of esters is 2. The molecule has 0 N–H and O–H groups in total. The minimum Gasteiger partial charge on any atom is -0.490 e. The molecule has 0 bridgehead atoms. The Balaban J connectivity index is 2.17. The summed E-state index contributed by atoms with van der Waals surface area (Å²) >= 11 is 0. The lowest BCUT2D eigenvalue weighted by Gasteiger charge is -2.42. The topological polar surface area (TPSA) is 89.5 Å².